The van der Waals surface area contributed by atoms with E-state index >= 15 is 0 Å². The first-order chi connectivity index (χ1) is 11.2. The number of likely N-dealkylation sites (tertiary alicyclic amines) is 1. The summed E-state index contributed by atoms with van der Waals surface area (Å²) in [5.74, 6) is 0. The Labute approximate surface area is 140 Å². The van der Waals surface area contributed by atoms with Crippen molar-refractivity contribution in [1.82, 2.24) is 4.90 Å². The smallest absolute Gasteiger partial charge is 0.0873 e. The van der Waals surface area contributed by atoms with E-state index in [-0.39, 0.29) is 6.61 Å². The van der Waals surface area contributed by atoms with E-state index in [0.717, 1.165) is 38.8 Å². The largest absolute Gasteiger partial charge is 0.396 e. The van der Waals surface area contributed by atoms with E-state index in [1.807, 2.05) is 6.07 Å². The maximum atomic E-state index is 11.8. The summed E-state index contributed by atoms with van der Waals surface area (Å²) in [6.45, 7) is 2.17. The standard InChI is InChI=1S/C20H31NO2/c22-17-14-20(18-10-4-1-5-11-18,21-15-8-3-9-16-21)19(23)12-6-2-7-13-19/h1,4-5,10-11,22-23H,2-3,6-9,12-17H2. The molecule has 1 unspecified atom stereocenters. The van der Waals surface area contributed by atoms with E-state index in [2.05, 4.69) is 29.2 Å². The second-order valence-electron chi connectivity index (χ2n) is 7.34. The van der Waals surface area contributed by atoms with Crippen molar-refractivity contribution in [2.45, 2.75) is 68.9 Å². The summed E-state index contributed by atoms with van der Waals surface area (Å²) < 4.78 is 0. The zero-order chi connectivity index (χ0) is 16.2. The number of aliphatic hydroxyl groups is 2. The molecule has 23 heavy (non-hydrogen) atoms. The van der Waals surface area contributed by atoms with Gasteiger partial charge in [-0.1, -0.05) is 56.0 Å². The Morgan fingerprint density at radius 3 is 2.13 bits per heavy atom. The van der Waals surface area contributed by atoms with Crippen molar-refractivity contribution in [1.29, 1.82) is 0 Å². The summed E-state index contributed by atoms with van der Waals surface area (Å²) in [7, 11) is 0. The third-order valence-corrected chi connectivity index (χ3v) is 6.07. The van der Waals surface area contributed by atoms with Gasteiger partial charge in [-0.15, -0.1) is 0 Å². The molecule has 0 amide bonds. The molecule has 3 nitrogen and oxygen atoms in total. The molecule has 2 fully saturated rings. The molecule has 128 valence electrons. The topological polar surface area (TPSA) is 43.7 Å². The van der Waals surface area contributed by atoms with Crippen LogP contribution < -0.4 is 0 Å². The van der Waals surface area contributed by atoms with Crippen LogP contribution in [0.15, 0.2) is 30.3 Å². The van der Waals surface area contributed by atoms with Crippen LogP contribution in [0.2, 0.25) is 0 Å². The molecule has 1 heterocycles. The first kappa shape index (κ1) is 16.9. The van der Waals surface area contributed by atoms with E-state index in [4.69, 9.17) is 0 Å². The lowest BCUT2D eigenvalue weighted by Crippen LogP contribution is -2.64. The maximum absolute atomic E-state index is 11.8. The summed E-state index contributed by atoms with van der Waals surface area (Å²) in [5.41, 5.74) is 0.0108. The summed E-state index contributed by atoms with van der Waals surface area (Å²) in [4.78, 5) is 2.49. The molecule has 1 aromatic rings. The average molecular weight is 317 g/mol. The van der Waals surface area contributed by atoms with Crippen LogP contribution in [0.1, 0.15) is 63.4 Å². The van der Waals surface area contributed by atoms with Gasteiger partial charge in [0, 0.05) is 6.61 Å². The molecule has 1 atom stereocenters. The van der Waals surface area contributed by atoms with Gasteiger partial charge in [-0.2, -0.15) is 0 Å². The number of aliphatic hydroxyl groups excluding tert-OH is 1. The minimum atomic E-state index is -0.729. The molecule has 0 aromatic heterocycles. The van der Waals surface area contributed by atoms with Crippen molar-refractivity contribution in [2.75, 3.05) is 19.7 Å². The van der Waals surface area contributed by atoms with E-state index in [1.54, 1.807) is 0 Å². The molecule has 3 heteroatoms. The Morgan fingerprint density at radius 2 is 1.52 bits per heavy atom. The van der Waals surface area contributed by atoms with Gasteiger partial charge >= 0.3 is 0 Å². The maximum Gasteiger partial charge on any atom is 0.0873 e. The third kappa shape index (κ3) is 3.07. The van der Waals surface area contributed by atoms with Gasteiger partial charge in [0.2, 0.25) is 0 Å². The van der Waals surface area contributed by atoms with Crippen LogP contribution in [-0.2, 0) is 5.54 Å². The van der Waals surface area contributed by atoms with Crippen LogP contribution in [0.5, 0.6) is 0 Å². The Bertz CT molecular complexity index is 478. The third-order valence-electron chi connectivity index (χ3n) is 6.07. The Balaban J connectivity index is 2.08. The Hall–Kier alpha value is -0.900. The predicted octanol–water partition coefficient (Wildman–Crippen LogP) is 3.45. The van der Waals surface area contributed by atoms with Crippen LogP contribution in [-0.4, -0.2) is 40.4 Å². The van der Waals surface area contributed by atoms with E-state index < -0.39 is 11.1 Å². The van der Waals surface area contributed by atoms with Crippen molar-refractivity contribution in [3.8, 4) is 0 Å². The molecular formula is C20H31NO2. The first-order valence-corrected chi connectivity index (χ1v) is 9.37. The number of piperidine rings is 1. The molecule has 0 bridgehead atoms. The van der Waals surface area contributed by atoms with Crippen molar-refractivity contribution in [3.63, 3.8) is 0 Å². The van der Waals surface area contributed by atoms with Crippen molar-refractivity contribution in [2.24, 2.45) is 0 Å². The fraction of sp³-hybridized carbons (Fsp3) is 0.700. The minimum Gasteiger partial charge on any atom is -0.396 e. The molecule has 1 aliphatic carbocycles. The molecule has 1 saturated carbocycles. The molecule has 2 N–H and O–H groups in total. The Kier molecular flexibility index (Phi) is 5.40. The van der Waals surface area contributed by atoms with Gasteiger partial charge in [0.15, 0.2) is 0 Å². The molecule has 1 aliphatic heterocycles. The van der Waals surface area contributed by atoms with E-state index in [9.17, 15) is 10.2 Å². The van der Waals surface area contributed by atoms with Gasteiger partial charge in [0.05, 0.1) is 11.1 Å². The van der Waals surface area contributed by atoms with Crippen molar-refractivity contribution in [3.05, 3.63) is 35.9 Å². The lowest BCUT2D eigenvalue weighted by molar-refractivity contribution is -0.152. The number of hydrogen-bond donors (Lipinski definition) is 2. The number of nitrogens with zero attached hydrogens (tertiary/aromatic N) is 1. The van der Waals surface area contributed by atoms with Crippen LogP contribution in [0.25, 0.3) is 0 Å². The van der Waals surface area contributed by atoms with Gasteiger partial charge < -0.3 is 10.2 Å². The van der Waals surface area contributed by atoms with Crippen LogP contribution in [0, 0.1) is 0 Å². The summed E-state index contributed by atoms with van der Waals surface area (Å²) in [5, 5.41) is 21.7. The van der Waals surface area contributed by atoms with Crippen LogP contribution in [0.3, 0.4) is 0 Å². The number of rotatable bonds is 5. The van der Waals surface area contributed by atoms with Gasteiger partial charge in [0.1, 0.15) is 0 Å². The summed E-state index contributed by atoms with van der Waals surface area (Å²) in [6.07, 6.45) is 9.36. The molecular weight excluding hydrogens is 286 g/mol. The van der Waals surface area contributed by atoms with Gasteiger partial charge in [-0.25, -0.2) is 0 Å². The summed E-state index contributed by atoms with van der Waals surface area (Å²) in [6, 6.07) is 10.5. The van der Waals surface area contributed by atoms with E-state index in [1.165, 1.54) is 31.2 Å². The normalized spacial score (nSPS) is 25.0. The highest BCUT2D eigenvalue weighted by atomic mass is 16.3. The molecule has 1 aromatic carbocycles. The lowest BCUT2D eigenvalue weighted by Gasteiger charge is -2.56. The summed E-state index contributed by atoms with van der Waals surface area (Å²) >= 11 is 0. The highest BCUT2D eigenvalue weighted by molar-refractivity contribution is 5.30. The van der Waals surface area contributed by atoms with Gasteiger partial charge in [0.25, 0.3) is 0 Å². The minimum absolute atomic E-state index is 0.119. The average Bonchev–Trinajstić information content (AvgIpc) is 2.61. The molecule has 0 radical (unpaired) electrons. The zero-order valence-electron chi connectivity index (χ0n) is 14.2. The van der Waals surface area contributed by atoms with Crippen molar-refractivity contribution >= 4 is 0 Å². The highest BCUT2D eigenvalue weighted by Crippen LogP contribution is 2.49. The predicted molar refractivity (Wildman–Crippen MR) is 93.3 cm³/mol. The molecule has 1 saturated heterocycles. The lowest BCUT2D eigenvalue weighted by atomic mass is 9.64. The first-order valence-electron chi connectivity index (χ1n) is 9.37. The second kappa shape index (κ2) is 7.33. The van der Waals surface area contributed by atoms with Crippen LogP contribution in [0.4, 0.5) is 0 Å². The monoisotopic (exact) mass is 317 g/mol. The van der Waals surface area contributed by atoms with Gasteiger partial charge in [-0.05, 0) is 50.8 Å². The molecule has 0 spiro atoms. The van der Waals surface area contributed by atoms with E-state index in [0.29, 0.717) is 6.42 Å². The Morgan fingerprint density at radius 1 is 0.913 bits per heavy atom. The molecule has 3 rings (SSSR count). The number of hydrogen-bond acceptors (Lipinski definition) is 3. The molecule has 2 aliphatic rings. The quantitative estimate of drug-likeness (QED) is 0.874. The zero-order valence-corrected chi connectivity index (χ0v) is 14.2. The fourth-order valence-corrected chi connectivity index (χ4v) is 4.98. The van der Waals surface area contributed by atoms with Gasteiger partial charge in [-0.3, -0.25) is 4.90 Å². The fourth-order valence-electron chi connectivity index (χ4n) is 4.98. The second-order valence-corrected chi connectivity index (χ2v) is 7.34. The number of benzene rings is 1. The van der Waals surface area contributed by atoms with Crippen LogP contribution >= 0.6 is 0 Å². The SMILES string of the molecule is OCCC(c1ccccc1)(N1CCCCC1)C1(O)CCCCC1. The highest BCUT2D eigenvalue weighted by Gasteiger charge is 2.54. The van der Waals surface area contributed by atoms with Crippen molar-refractivity contribution < 1.29 is 10.2 Å².